The minimum Gasteiger partial charge on any atom is -0.398 e. The molecule has 1 atom stereocenters. The van der Waals surface area contributed by atoms with Crippen molar-refractivity contribution in [3.05, 3.63) is 60.3 Å². The normalized spacial score (nSPS) is 12.7. The maximum Gasteiger partial charge on any atom is 0.137 e. The van der Waals surface area contributed by atoms with Crippen LogP contribution in [0.25, 0.3) is 5.65 Å². The predicted molar refractivity (Wildman–Crippen MR) is 76.1 cm³/mol. The summed E-state index contributed by atoms with van der Waals surface area (Å²) in [6.07, 6.45) is 3.70. The highest BCUT2D eigenvalue weighted by Crippen LogP contribution is 2.20. The minimum absolute atomic E-state index is 0.201. The molecule has 6 heteroatoms. The Balaban J connectivity index is 1.88. The van der Waals surface area contributed by atoms with E-state index in [9.17, 15) is 8.60 Å². The molecule has 0 aliphatic carbocycles. The van der Waals surface area contributed by atoms with E-state index in [2.05, 4.69) is 4.98 Å². The van der Waals surface area contributed by atoms with Crippen molar-refractivity contribution < 1.29 is 8.60 Å². The molecular formula is C14H12FN3OS. The van der Waals surface area contributed by atoms with Gasteiger partial charge in [-0.15, -0.1) is 0 Å². The molecule has 0 bridgehead atoms. The second-order valence-corrected chi connectivity index (χ2v) is 5.79. The molecule has 3 aromatic rings. The quantitative estimate of drug-likeness (QED) is 0.753. The van der Waals surface area contributed by atoms with Crippen LogP contribution in [0.2, 0.25) is 0 Å². The average Bonchev–Trinajstić information content (AvgIpc) is 2.80. The summed E-state index contributed by atoms with van der Waals surface area (Å²) in [5.74, 6) is -0.187. The van der Waals surface area contributed by atoms with Crippen LogP contribution in [0.4, 0.5) is 10.1 Å². The third-order valence-corrected chi connectivity index (χ3v) is 4.33. The van der Waals surface area contributed by atoms with Crippen LogP contribution in [-0.4, -0.2) is 13.6 Å². The zero-order valence-electron chi connectivity index (χ0n) is 10.5. The fourth-order valence-corrected chi connectivity index (χ4v) is 3.10. The molecule has 102 valence electrons. The zero-order valence-corrected chi connectivity index (χ0v) is 11.3. The van der Waals surface area contributed by atoms with Gasteiger partial charge in [0.15, 0.2) is 0 Å². The van der Waals surface area contributed by atoms with Crippen molar-refractivity contribution >= 4 is 22.1 Å². The van der Waals surface area contributed by atoms with E-state index in [1.807, 2.05) is 35.0 Å². The van der Waals surface area contributed by atoms with E-state index in [-0.39, 0.29) is 11.4 Å². The zero-order chi connectivity index (χ0) is 14.1. The van der Waals surface area contributed by atoms with Gasteiger partial charge in [0.2, 0.25) is 0 Å². The van der Waals surface area contributed by atoms with Crippen LogP contribution < -0.4 is 5.73 Å². The van der Waals surface area contributed by atoms with Crippen molar-refractivity contribution in [2.75, 3.05) is 5.73 Å². The van der Waals surface area contributed by atoms with E-state index >= 15 is 0 Å². The van der Waals surface area contributed by atoms with Crippen LogP contribution in [0.1, 0.15) is 5.69 Å². The standard InChI is InChI=1S/C14H12FN3OS/c15-10-4-5-13(12(16)7-10)20(19)9-11-8-18-6-2-1-3-14(18)17-11/h1-8H,9,16H2. The number of fused-ring (bicyclic) bond motifs is 1. The summed E-state index contributed by atoms with van der Waals surface area (Å²) in [6.45, 7) is 0. The number of nitrogens with two attached hydrogens (primary N) is 1. The van der Waals surface area contributed by atoms with E-state index in [0.717, 1.165) is 5.65 Å². The summed E-state index contributed by atoms with van der Waals surface area (Å²) >= 11 is 0. The molecule has 0 radical (unpaired) electrons. The largest absolute Gasteiger partial charge is 0.398 e. The molecule has 2 aromatic heterocycles. The maximum absolute atomic E-state index is 13.0. The first-order valence-electron chi connectivity index (χ1n) is 5.99. The number of hydrogen-bond acceptors (Lipinski definition) is 3. The van der Waals surface area contributed by atoms with Gasteiger partial charge in [0, 0.05) is 12.4 Å². The topological polar surface area (TPSA) is 60.4 Å². The van der Waals surface area contributed by atoms with E-state index in [4.69, 9.17) is 5.73 Å². The second-order valence-electron chi connectivity index (χ2n) is 4.37. The van der Waals surface area contributed by atoms with Crippen molar-refractivity contribution in [3.8, 4) is 0 Å². The summed E-state index contributed by atoms with van der Waals surface area (Å²) in [5.41, 5.74) is 7.40. The molecule has 0 fully saturated rings. The first-order valence-corrected chi connectivity index (χ1v) is 7.31. The molecule has 1 unspecified atom stereocenters. The maximum atomic E-state index is 13.0. The number of imidazole rings is 1. The fourth-order valence-electron chi connectivity index (χ4n) is 2.00. The molecule has 2 N–H and O–H groups in total. The van der Waals surface area contributed by atoms with Gasteiger partial charge in [0.25, 0.3) is 0 Å². The summed E-state index contributed by atoms with van der Waals surface area (Å²) in [7, 11) is -1.35. The van der Waals surface area contributed by atoms with Crippen LogP contribution in [0.5, 0.6) is 0 Å². The Morgan fingerprint density at radius 3 is 2.90 bits per heavy atom. The van der Waals surface area contributed by atoms with Gasteiger partial charge in [-0.2, -0.15) is 0 Å². The van der Waals surface area contributed by atoms with Crippen LogP contribution in [-0.2, 0) is 16.6 Å². The van der Waals surface area contributed by atoms with Crippen LogP contribution in [0.3, 0.4) is 0 Å². The summed E-state index contributed by atoms with van der Waals surface area (Å²) in [4.78, 5) is 4.81. The van der Waals surface area contributed by atoms with Crippen molar-refractivity contribution in [1.29, 1.82) is 0 Å². The van der Waals surface area contributed by atoms with Crippen LogP contribution >= 0.6 is 0 Å². The van der Waals surface area contributed by atoms with Crippen LogP contribution in [0.15, 0.2) is 53.7 Å². The number of nitrogens with zero attached hydrogens (tertiary/aromatic N) is 2. The molecule has 3 rings (SSSR count). The minimum atomic E-state index is -1.35. The summed E-state index contributed by atoms with van der Waals surface area (Å²) < 4.78 is 27.1. The number of pyridine rings is 1. The number of rotatable bonds is 3. The molecular weight excluding hydrogens is 277 g/mol. The van der Waals surface area contributed by atoms with E-state index in [1.165, 1.54) is 18.2 Å². The summed E-state index contributed by atoms with van der Waals surface area (Å²) in [5, 5.41) is 0. The van der Waals surface area contributed by atoms with Gasteiger partial charge in [-0.3, -0.25) is 4.21 Å². The first-order chi connectivity index (χ1) is 9.63. The molecule has 0 saturated carbocycles. The second kappa shape index (κ2) is 5.05. The van der Waals surface area contributed by atoms with Gasteiger partial charge in [0.05, 0.1) is 32.8 Å². The van der Waals surface area contributed by atoms with Gasteiger partial charge in [-0.25, -0.2) is 9.37 Å². The molecule has 0 saturated heterocycles. The Hall–Kier alpha value is -2.21. The van der Waals surface area contributed by atoms with E-state index < -0.39 is 16.6 Å². The number of hydrogen-bond donors (Lipinski definition) is 1. The average molecular weight is 289 g/mol. The first kappa shape index (κ1) is 12.8. The number of halogens is 1. The fraction of sp³-hybridized carbons (Fsp3) is 0.0714. The lowest BCUT2D eigenvalue weighted by Crippen LogP contribution is -2.01. The third kappa shape index (κ3) is 2.42. The Labute approximate surface area is 117 Å². The Kier molecular flexibility index (Phi) is 3.23. The molecule has 0 aliphatic heterocycles. The van der Waals surface area contributed by atoms with Gasteiger partial charge >= 0.3 is 0 Å². The number of aromatic nitrogens is 2. The lowest BCUT2D eigenvalue weighted by atomic mass is 10.3. The van der Waals surface area contributed by atoms with Gasteiger partial charge in [-0.1, -0.05) is 6.07 Å². The third-order valence-electron chi connectivity index (χ3n) is 2.91. The lowest BCUT2D eigenvalue weighted by molar-refractivity contribution is 0.627. The molecule has 20 heavy (non-hydrogen) atoms. The SMILES string of the molecule is Nc1cc(F)ccc1S(=O)Cc1cn2ccccc2n1. The molecule has 0 spiro atoms. The molecule has 2 heterocycles. The van der Waals surface area contributed by atoms with Gasteiger partial charge < -0.3 is 10.1 Å². The monoisotopic (exact) mass is 289 g/mol. The van der Waals surface area contributed by atoms with Crippen molar-refractivity contribution in [2.24, 2.45) is 0 Å². The van der Waals surface area contributed by atoms with Gasteiger partial charge in [-0.05, 0) is 30.3 Å². The van der Waals surface area contributed by atoms with E-state index in [1.54, 1.807) is 0 Å². The highest BCUT2D eigenvalue weighted by atomic mass is 32.2. The Bertz CT molecular complexity index is 767. The molecule has 0 amide bonds. The molecule has 1 aromatic carbocycles. The smallest absolute Gasteiger partial charge is 0.137 e. The molecule has 4 nitrogen and oxygen atoms in total. The summed E-state index contributed by atoms with van der Waals surface area (Å²) in [6, 6.07) is 9.55. The lowest BCUT2D eigenvalue weighted by Gasteiger charge is -2.04. The number of anilines is 1. The van der Waals surface area contributed by atoms with Gasteiger partial charge in [0.1, 0.15) is 11.5 Å². The van der Waals surface area contributed by atoms with Crippen molar-refractivity contribution in [1.82, 2.24) is 9.38 Å². The number of nitrogen functional groups attached to an aromatic ring is 1. The van der Waals surface area contributed by atoms with Crippen LogP contribution in [0, 0.1) is 5.82 Å². The van der Waals surface area contributed by atoms with Crippen molar-refractivity contribution in [2.45, 2.75) is 10.6 Å². The Morgan fingerprint density at radius 1 is 1.30 bits per heavy atom. The molecule has 0 aliphatic rings. The predicted octanol–water partition coefficient (Wildman–Crippen LogP) is 2.36. The Morgan fingerprint density at radius 2 is 2.15 bits per heavy atom. The number of benzene rings is 1. The van der Waals surface area contributed by atoms with Crippen molar-refractivity contribution in [3.63, 3.8) is 0 Å². The highest BCUT2D eigenvalue weighted by molar-refractivity contribution is 7.84. The van der Waals surface area contributed by atoms with E-state index in [0.29, 0.717) is 10.6 Å². The highest BCUT2D eigenvalue weighted by Gasteiger charge is 2.12.